The van der Waals surface area contributed by atoms with Crippen molar-refractivity contribution < 1.29 is 9.53 Å². The maximum atomic E-state index is 11.4. The third-order valence-electron chi connectivity index (χ3n) is 2.35. The van der Waals surface area contributed by atoms with Crippen LogP contribution in [0, 0.1) is 0 Å². The SMILES string of the molecule is COC(=O)c1nc(=O)[nH]c2c1CNCC2. The summed E-state index contributed by atoms with van der Waals surface area (Å²) in [6.07, 6.45) is 0.692. The van der Waals surface area contributed by atoms with Crippen LogP contribution < -0.4 is 11.0 Å². The van der Waals surface area contributed by atoms with Crippen LogP contribution >= 0.6 is 0 Å². The molecule has 1 aromatic rings. The summed E-state index contributed by atoms with van der Waals surface area (Å²) in [6.45, 7) is 1.32. The van der Waals surface area contributed by atoms with Gasteiger partial charge in [0.15, 0.2) is 5.69 Å². The Kier molecular flexibility index (Phi) is 2.51. The van der Waals surface area contributed by atoms with Crippen molar-refractivity contribution in [2.45, 2.75) is 13.0 Å². The lowest BCUT2D eigenvalue weighted by Gasteiger charge is -2.17. The average molecular weight is 209 g/mol. The van der Waals surface area contributed by atoms with E-state index in [0.29, 0.717) is 13.0 Å². The number of carbonyl (C=O) groups is 1. The van der Waals surface area contributed by atoms with Gasteiger partial charge in [0.2, 0.25) is 0 Å². The molecule has 0 amide bonds. The summed E-state index contributed by atoms with van der Waals surface area (Å²) < 4.78 is 4.58. The van der Waals surface area contributed by atoms with Crippen LogP contribution in [0.1, 0.15) is 21.7 Å². The number of nitrogens with one attached hydrogen (secondary N) is 2. The van der Waals surface area contributed by atoms with Crippen molar-refractivity contribution in [3.8, 4) is 0 Å². The largest absolute Gasteiger partial charge is 0.464 e. The molecule has 0 spiro atoms. The highest BCUT2D eigenvalue weighted by atomic mass is 16.5. The van der Waals surface area contributed by atoms with E-state index in [1.54, 1.807) is 0 Å². The zero-order valence-corrected chi connectivity index (χ0v) is 8.29. The van der Waals surface area contributed by atoms with Crippen molar-refractivity contribution in [1.82, 2.24) is 15.3 Å². The van der Waals surface area contributed by atoms with Gasteiger partial charge in [0.05, 0.1) is 7.11 Å². The highest BCUT2D eigenvalue weighted by Gasteiger charge is 2.20. The van der Waals surface area contributed by atoms with Crippen molar-refractivity contribution >= 4 is 5.97 Å². The number of ether oxygens (including phenoxy) is 1. The Labute approximate surface area is 85.7 Å². The molecule has 1 aliphatic rings. The Morgan fingerprint density at radius 2 is 2.33 bits per heavy atom. The topological polar surface area (TPSA) is 84.1 Å². The van der Waals surface area contributed by atoms with E-state index in [1.807, 2.05) is 0 Å². The first-order chi connectivity index (χ1) is 7.22. The summed E-state index contributed by atoms with van der Waals surface area (Å²) in [5.41, 5.74) is 1.11. The molecule has 2 rings (SSSR count). The summed E-state index contributed by atoms with van der Waals surface area (Å²) in [4.78, 5) is 28.8. The molecule has 0 fully saturated rings. The molecule has 0 atom stereocenters. The van der Waals surface area contributed by atoms with Gasteiger partial charge in [-0.1, -0.05) is 0 Å². The van der Waals surface area contributed by atoms with Crippen molar-refractivity contribution in [3.63, 3.8) is 0 Å². The molecule has 2 N–H and O–H groups in total. The molecule has 80 valence electrons. The number of carbonyl (C=O) groups excluding carboxylic acids is 1. The molecule has 0 bridgehead atoms. The molecule has 15 heavy (non-hydrogen) atoms. The van der Waals surface area contributed by atoms with Gasteiger partial charge < -0.3 is 15.0 Å². The first-order valence-electron chi connectivity index (χ1n) is 4.63. The normalized spacial score (nSPS) is 14.5. The maximum absolute atomic E-state index is 11.4. The van der Waals surface area contributed by atoms with Crippen molar-refractivity contribution in [2.24, 2.45) is 0 Å². The molecule has 1 aromatic heterocycles. The van der Waals surface area contributed by atoms with Gasteiger partial charge in [-0.3, -0.25) is 0 Å². The Balaban J connectivity index is 2.57. The zero-order chi connectivity index (χ0) is 10.8. The minimum atomic E-state index is -0.568. The summed E-state index contributed by atoms with van der Waals surface area (Å²) in [5, 5.41) is 3.11. The summed E-state index contributed by atoms with van der Waals surface area (Å²) in [6, 6.07) is 0. The lowest BCUT2D eigenvalue weighted by Crippen LogP contribution is -2.31. The number of H-pyrrole nitrogens is 1. The van der Waals surface area contributed by atoms with E-state index < -0.39 is 11.7 Å². The highest BCUT2D eigenvalue weighted by Crippen LogP contribution is 2.13. The van der Waals surface area contributed by atoms with E-state index in [9.17, 15) is 9.59 Å². The standard InChI is InChI=1S/C9H11N3O3/c1-15-8(13)7-5-4-10-3-2-6(5)11-9(14)12-7/h10H,2-4H2,1H3,(H,11,12,14). The van der Waals surface area contributed by atoms with E-state index >= 15 is 0 Å². The summed E-state index contributed by atoms with van der Waals surface area (Å²) in [5.74, 6) is -0.568. The van der Waals surface area contributed by atoms with Crippen LogP contribution in [0.25, 0.3) is 0 Å². The third-order valence-corrected chi connectivity index (χ3v) is 2.35. The minimum Gasteiger partial charge on any atom is -0.464 e. The molecule has 6 nitrogen and oxygen atoms in total. The molecular formula is C9H11N3O3. The summed E-state index contributed by atoms with van der Waals surface area (Å²) in [7, 11) is 1.27. The lowest BCUT2D eigenvalue weighted by molar-refractivity contribution is 0.0591. The quantitative estimate of drug-likeness (QED) is 0.592. The molecule has 0 radical (unpaired) electrons. The zero-order valence-electron chi connectivity index (χ0n) is 8.29. The summed E-state index contributed by atoms with van der Waals surface area (Å²) >= 11 is 0. The number of hydrogen-bond donors (Lipinski definition) is 2. The second-order valence-corrected chi connectivity index (χ2v) is 3.27. The van der Waals surface area contributed by atoms with Crippen LogP contribution in [0.4, 0.5) is 0 Å². The third kappa shape index (κ3) is 1.75. The molecule has 0 unspecified atom stereocenters. The van der Waals surface area contributed by atoms with Gasteiger partial charge in [-0.05, 0) is 0 Å². The Morgan fingerprint density at radius 3 is 3.07 bits per heavy atom. The van der Waals surface area contributed by atoms with E-state index in [2.05, 4.69) is 20.0 Å². The first kappa shape index (κ1) is 9.85. The number of hydrogen-bond acceptors (Lipinski definition) is 5. The number of aromatic amines is 1. The van der Waals surface area contributed by atoms with Crippen LogP contribution in [0.5, 0.6) is 0 Å². The fourth-order valence-electron chi connectivity index (χ4n) is 1.64. The van der Waals surface area contributed by atoms with Gasteiger partial charge in [-0.2, -0.15) is 4.98 Å². The maximum Gasteiger partial charge on any atom is 0.357 e. The van der Waals surface area contributed by atoms with Crippen LogP contribution in [0.15, 0.2) is 4.79 Å². The molecule has 0 saturated heterocycles. The Morgan fingerprint density at radius 1 is 1.53 bits per heavy atom. The van der Waals surface area contributed by atoms with Crippen LogP contribution in [-0.4, -0.2) is 29.6 Å². The van der Waals surface area contributed by atoms with Crippen LogP contribution in [-0.2, 0) is 17.7 Å². The van der Waals surface area contributed by atoms with Gasteiger partial charge in [0.1, 0.15) is 0 Å². The van der Waals surface area contributed by atoms with E-state index in [4.69, 9.17) is 0 Å². The fraction of sp³-hybridized carbons (Fsp3) is 0.444. The minimum absolute atomic E-state index is 0.114. The number of aromatic nitrogens is 2. The lowest BCUT2D eigenvalue weighted by atomic mass is 10.1. The predicted molar refractivity (Wildman–Crippen MR) is 51.6 cm³/mol. The first-order valence-corrected chi connectivity index (χ1v) is 4.63. The van der Waals surface area contributed by atoms with E-state index in [0.717, 1.165) is 17.8 Å². The fourth-order valence-corrected chi connectivity index (χ4v) is 1.64. The molecular weight excluding hydrogens is 198 g/mol. The van der Waals surface area contributed by atoms with Crippen molar-refractivity contribution in [2.75, 3.05) is 13.7 Å². The van der Waals surface area contributed by atoms with E-state index in [1.165, 1.54) is 7.11 Å². The second kappa shape index (κ2) is 3.82. The van der Waals surface area contributed by atoms with Crippen LogP contribution in [0.3, 0.4) is 0 Å². The van der Waals surface area contributed by atoms with Gasteiger partial charge in [0, 0.05) is 30.8 Å². The van der Waals surface area contributed by atoms with Gasteiger partial charge in [0.25, 0.3) is 0 Å². The number of esters is 1. The number of methoxy groups -OCH3 is 1. The smallest absolute Gasteiger partial charge is 0.357 e. The molecule has 0 saturated carbocycles. The number of nitrogens with zero attached hydrogens (tertiary/aromatic N) is 1. The Hall–Kier alpha value is -1.69. The van der Waals surface area contributed by atoms with E-state index in [-0.39, 0.29) is 5.69 Å². The van der Waals surface area contributed by atoms with Crippen LogP contribution in [0.2, 0.25) is 0 Å². The number of rotatable bonds is 1. The van der Waals surface area contributed by atoms with Gasteiger partial charge >= 0.3 is 11.7 Å². The molecule has 0 aliphatic carbocycles. The molecule has 1 aliphatic heterocycles. The molecule has 2 heterocycles. The second-order valence-electron chi connectivity index (χ2n) is 3.27. The molecule has 6 heteroatoms. The van der Waals surface area contributed by atoms with Crippen molar-refractivity contribution in [3.05, 3.63) is 27.4 Å². The monoisotopic (exact) mass is 209 g/mol. The van der Waals surface area contributed by atoms with Gasteiger partial charge in [-0.25, -0.2) is 9.59 Å². The average Bonchev–Trinajstić information content (AvgIpc) is 2.26. The van der Waals surface area contributed by atoms with Gasteiger partial charge in [-0.15, -0.1) is 0 Å². The predicted octanol–water partition coefficient (Wildman–Crippen LogP) is -0.798. The number of fused-ring (bicyclic) bond motifs is 1. The Bertz CT molecular complexity index is 452. The molecule has 0 aromatic carbocycles. The highest BCUT2D eigenvalue weighted by molar-refractivity contribution is 5.88. The van der Waals surface area contributed by atoms with Crippen molar-refractivity contribution in [1.29, 1.82) is 0 Å².